The highest BCUT2D eigenvalue weighted by Crippen LogP contribution is 2.23. The molecule has 0 aromatic heterocycles. The Hall–Kier alpha value is -3.02. The van der Waals surface area contributed by atoms with E-state index in [1.54, 1.807) is 0 Å². The summed E-state index contributed by atoms with van der Waals surface area (Å²) in [6.45, 7) is 0.0489. The van der Waals surface area contributed by atoms with Crippen LogP contribution < -0.4 is 10.1 Å². The molecule has 0 aliphatic heterocycles. The Morgan fingerprint density at radius 1 is 1.12 bits per heavy atom. The molecule has 0 heterocycles. The molecule has 0 aliphatic carbocycles. The zero-order valence-corrected chi connectivity index (χ0v) is 13.3. The van der Waals surface area contributed by atoms with Crippen LogP contribution in [0.5, 0.6) is 11.5 Å². The summed E-state index contributed by atoms with van der Waals surface area (Å²) in [6.07, 6.45) is 0.694. The number of carbonyl (C=O) groups is 2. The summed E-state index contributed by atoms with van der Waals surface area (Å²) in [5, 5.41) is 12.4. The number of carbonyl (C=O) groups excluding carboxylic acids is 2. The number of nitrogens with one attached hydrogen (secondary N) is 1. The molecule has 2 rings (SSSR count). The Bertz CT molecular complexity index is 700. The van der Waals surface area contributed by atoms with Crippen LogP contribution >= 0.6 is 0 Å². The van der Waals surface area contributed by atoms with Gasteiger partial charge in [0.05, 0.1) is 7.11 Å². The van der Waals surface area contributed by atoms with Gasteiger partial charge in [0.25, 0.3) is 5.91 Å². The molecule has 0 atom stereocenters. The highest BCUT2D eigenvalue weighted by molar-refractivity contribution is 5.94. The van der Waals surface area contributed by atoms with Crippen LogP contribution in [0.25, 0.3) is 0 Å². The summed E-state index contributed by atoms with van der Waals surface area (Å²) in [5.41, 5.74) is 1.09. The van der Waals surface area contributed by atoms with Crippen molar-refractivity contribution in [3.63, 3.8) is 0 Å². The van der Waals surface area contributed by atoms with Crippen molar-refractivity contribution < 1.29 is 24.2 Å². The van der Waals surface area contributed by atoms with Crippen molar-refractivity contribution in [2.45, 2.75) is 6.42 Å². The van der Waals surface area contributed by atoms with Gasteiger partial charge in [0, 0.05) is 12.6 Å². The van der Waals surface area contributed by atoms with Crippen LogP contribution in [0.4, 0.5) is 0 Å². The normalized spacial score (nSPS) is 10.0. The second-order valence-electron chi connectivity index (χ2n) is 5.04. The summed E-state index contributed by atoms with van der Waals surface area (Å²) in [4.78, 5) is 23.5. The van der Waals surface area contributed by atoms with Gasteiger partial charge in [0.15, 0.2) is 6.61 Å². The predicted molar refractivity (Wildman–Crippen MR) is 88.1 cm³/mol. The molecular formula is C18H19NO5. The van der Waals surface area contributed by atoms with Gasteiger partial charge in [0.1, 0.15) is 17.1 Å². The van der Waals surface area contributed by atoms with Crippen LogP contribution in [0.3, 0.4) is 0 Å². The monoisotopic (exact) mass is 329 g/mol. The summed E-state index contributed by atoms with van der Waals surface area (Å²) < 4.78 is 9.83. The Morgan fingerprint density at radius 3 is 2.54 bits per heavy atom. The van der Waals surface area contributed by atoms with E-state index in [2.05, 4.69) is 5.32 Å². The molecule has 0 aliphatic rings. The summed E-state index contributed by atoms with van der Waals surface area (Å²) in [6, 6.07) is 13.9. The van der Waals surface area contributed by atoms with Crippen LogP contribution in [0.15, 0.2) is 48.5 Å². The molecule has 2 N–H and O–H groups in total. The second-order valence-corrected chi connectivity index (χ2v) is 5.04. The molecule has 126 valence electrons. The third kappa shape index (κ3) is 5.01. The number of amides is 1. The molecule has 0 fully saturated rings. The van der Waals surface area contributed by atoms with Gasteiger partial charge in [0.2, 0.25) is 0 Å². The standard InChI is InChI=1S/C18H19NO5/c1-23-14-7-8-15(16(20)11-14)18(22)24-12-17(21)19-10-9-13-5-3-2-4-6-13/h2-8,11,20H,9-10,12H2,1H3,(H,19,21). The lowest BCUT2D eigenvalue weighted by atomic mass is 10.1. The van der Waals surface area contributed by atoms with Crippen molar-refractivity contribution in [1.82, 2.24) is 5.32 Å². The third-order valence-electron chi connectivity index (χ3n) is 3.34. The second kappa shape index (κ2) is 8.57. The maximum atomic E-state index is 11.9. The Balaban J connectivity index is 1.76. The number of phenols is 1. The number of ether oxygens (including phenoxy) is 2. The topological polar surface area (TPSA) is 84.9 Å². The Kier molecular flexibility index (Phi) is 6.19. The first-order valence-corrected chi connectivity index (χ1v) is 7.45. The molecule has 6 heteroatoms. The maximum absolute atomic E-state index is 11.9. The molecule has 0 bridgehead atoms. The Labute approximate surface area is 140 Å². The van der Waals surface area contributed by atoms with Gasteiger partial charge >= 0.3 is 5.97 Å². The SMILES string of the molecule is COc1ccc(C(=O)OCC(=O)NCCc2ccccc2)c(O)c1. The maximum Gasteiger partial charge on any atom is 0.342 e. The average Bonchev–Trinajstić information content (AvgIpc) is 2.60. The number of benzene rings is 2. The van der Waals surface area contributed by atoms with Gasteiger partial charge in [-0.15, -0.1) is 0 Å². The van der Waals surface area contributed by atoms with E-state index in [1.807, 2.05) is 30.3 Å². The number of methoxy groups -OCH3 is 1. The van der Waals surface area contributed by atoms with Gasteiger partial charge in [-0.2, -0.15) is 0 Å². The van der Waals surface area contributed by atoms with Gasteiger partial charge in [-0.05, 0) is 24.1 Å². The molecule has 2 aromatic carbocycles. The van der Waals surface area contributed by atoms with Gasteiger partial charge < -0.3 is 19.9 Å². The van der Waals surface area contributed by atoms with E-state index in [0.29, 0.717) is 18.7 Å². The highest BCUT2D eigenvalue weighted by atomic mass is 16.5. The van der Waals surface area contributed by atoms with E-state index in [-0.39, 0.29) is 11.3 Å². The van der Waals surface area contributed by atoms with Crippen molar-refractivity contribution >= 4 is 11.9 Å². The summed E-state index contributed by atoms with van der Waals surface area (Å²) >= 11 is 0. The van der Waals surface area contributed by atoms with Crippen molar-refractivity contribution in [3.05, 3.63) is 59.7 Å². The van der Waals surface area contributed by atoms with E-state index < -0.39 is 18.5 Å². The number of rotatable bonds is 7. The van der Waals surface area contributed by atoms with Crippen LogP contribution in [0, 0.1) is 0 Å². The average molecular weight is 329 g/mol. The fraction of sp³-hybridized carbons (Fsp3) is 0.222. The lowest BCUT2D eigenvalue weighted by Gasteiger charge is -2.08. The van der Waals surface area contributed by atoms with Crippen LogP contribution in [0.2, 0.25) is 0 Å². The Morgan fingerprint density at radius 2 is 1.88 bits per heavy atom. The summed E-state index contributed by atoms with van der Waals surface area (Å²) in [7, 11) is 1.45. The first kappa shape index (κ1) is 17.3. The molecule has 0 radical (unpaired) electrons. The van der Waals surface area contributed by atoms with E-state index in [0.717, 1.165) is 5.56 Å². The minimum absolute atomic E-state index is 0.0205. The molecule has 6 nitrogen and oxygen atoms in total. The van der Waals surface area contributed by atoms with Crippen molar-refractivity contribution in [2.24, 2.45) is 0 Å². The number of aromatic hydroxyl groups is 1. The van der Waals surface area contributed by atoms with E-state index in [1.165, 1.54) is 25.3 Å². The molecule has 0 spiro atoms. The van der Waals surface area contributed by atoms with Crippen molar-refractivity contribution in [2.75, 3.05) is 20.3 Å². The van der Waals surface area contributed by atoms with Crippen LogP contribution in [-0.2, 0) is 16.0 Å². The fourth-order valence-corrected chi connectivity index (χ4v) is 2.06. The van der Waals surface area contributed by atoms with Crippen molar-refractivity contribution in [3.8, 4) is 11.5 Å². The zero-order valence-electron chi connectivity index (χ0n) is 13.3. The quantitative estimate of drug-likeness (QED) is 0.758. The van der Waals surface area contributed by atoms with E-state index in [9.17, 15) is 14.7 Å². The van der Waals surface area contributed by atoms with Crippen molar-refractivity contribution in [1.29, 1.82) is 0 Å². The largest absolute Gasteiger partial charge is 0.507 e. The number of esters is 1. The minimum atomic E-state index is -0.770. The molecule has 0 saturated carbocycles. The van der Waals surface area contributed by atoms with Gasteiger partial charge in [-0.1, -0.05) is 30.3 Å². The molecule has 0 saturated heterocycles. The molecule has 0 unspecified atom stereocenters. The molecule has 24 heavy (non-hydrogen) atoms. The zero-order chi connectivity index (χ0) is 17.4. The highest BCUT2D eigenvalue weighted by Gasteiger charge is 2.15. The predicted octanol–water partition coefficient (Wildman–Crippen LogP) is 1.92. The van der Waals surface area contributed by atoms with E-state index in [4.69, 9.17) is 9.47 Å². The van der Waals surface area contributed by atoms with Gasteiger partial charge in [-0.25, -0.2) is 4.79 Å². The molecule has 1 amide bonds. The third-order valence-corrected chi connectivity index (χ3v) is 3.34. The lowest BCUT2D eigenvalue weighted by Crippen LogP contribution is -2.30. The van der Waals surface area contributed by atoms with E-state index >= 15 is 0 Å². The summed E-state index contributed by atoms with van der Waals surface area (Å²) in [5.74, 6) is -1.01. The number of hydrogen-bond acceptors (Lipinski definition) is 5. The fourth-order valence-electron chi connectivity index (χ4n) is 2.06. The molecular weight excluding hydrogens is 310 g/mol. The lowest BCUT2D eigenvalue weighted by molar-refractivity contribution is -0.124. The van der Waals surface area contributed by atoms with Gasteiger partial charge in [-0.3, -0.25) is 4.79 Å². The minimum Gasteiger partial charge on any atom is -0.507 e. The smallest absolute Gasteiger partial charge is 0.342 e. The first-order chi connectivity index (χ1) is 11.6. The number of phenolic OH excluding ortho intramolecular Hbond substituents is 1. The number of hydrogen-bond donors (Lipinski definition) is 2. The van der Waals surface area contributed by atoms with Crippen LogP contribution in [-0.4, -0.2) is 37.2 Å². The first-order valence-electron chi connectivity index (χ1n) is 7.45. The van der Waals surface area contributed by atoms with Crippen LogP contribution in [0.1, 0.15) is 15.9 Å². The molecule has 2 aromatic rings.